The van der Waals surface area contributed by atoms with Crippen molar-refractivity contribution in [1.29, 1.82) is 0 Å². The van der Waals surface area contributed by atoms with Gasteiger partial charge in [0.15, 0.2) is 0 Å². The zero-order chi connectivity index (χ0) is 18.9. The lowest BCUT2D eigenvalue weighted by molar-refractivity contribution is -0.111. The van der Waals surface area contributed by atoms with E-state index in [9.17, 15) is 4.79 Å². The third kappa shape index (κ3) is 5.51. The van der Waals surface area contributed by atoms with E-state index < -0.39 is 0 Å². The summed E-state index contributed by atoms with van der Waals surface area (Å²) in [5.74, 6) is -0.290. The van der Waals surface area contributed by atoms with Crippen LogP contribution in [-0.2, 0) is 4.79 Å². The Labute approximate surface area is 152 Å². The van der Waals surface area contributed by atoms with E-state index in [-0.39, 0.29) is 19.1 Å². The van der Waals surface area contributed by atoms with Gasteiger partial charge in [-0.2, -0.15) is 0 Å². The summed E-state index contributed by atoms with van der Waals surface area (Å²) < 4.78 is 0. The van der Waals surface area contributed by atoms with Crippen molar-refractivity contribution in [3.63, 3.8) is 0 Å². The Morgan fingerprint density at radius 3 is 2.31 bits per heavy atom. The van der Waals surface area contributed by atoms with Crippen molar-refractivity contribution >= 4 is 34.7 Å². The van der Waals surface area contributed by atoms with Gasteiger partial charge in [0.2, 0.25) is 5.91 Å². The van der Waals surface area contributed by atoms with Crippen LogP contribution in [0.3, 0.4) is 0 Å². The van der Waals surface area contributed by atoms with Gasteiger partial charge >= 0.3 is 0 Å². The van der Waals surface area contributed by atoms with E-state index in [0.717, 1.165) is 5.69 Å². The highest BCUT2D eigenvalue weighted by atomic mass is 16.3. The van der Waals surface area contributed by atoms with E-state index in [4.69, 9.17) is 21.7 Å². The van der Waals surface area contributed by atoms with Gasteiger partial charge in [0.05, 0.1) is 13.2 Å². The molecule has 0 bridgehead atoms. The molecule has 7 nitrogen and oxygen atoms in total. The fourth-order valence-corrected chi connectivity index (χ4v) is 2.45. The Kier molecular flexibility index (Phi) is 7.02. The number of rotatable bonds is 8. The summed E-state index contributed by atoms with van der Waals surface area (Å²) in [6.07, 6.45) is 3.00. The number of nitrogens with zero attached hydrogens (tertiary/aromatic N) is 1. The summed E-state index contributed by atoms with van der Waals surface area (Å²) in [5.41, 5.74) is 14.8. The summed E-state index contributed by atoms with van der Waals surface area (Å²) in [6.45, 7) is 0.847. The second-order valence-electron chi connectivity index (χ2n) is 5.69. The number of benzene rings is 2. The molecule has 0 atom stereocenters. The number of aliphatic hydroxyl groups is 2. The van der Waals surface area contributed by atoms with Crippen molar-refractivity contribution in [3.8, 4) is 0 Å². The Morgan fingerprint density at radius 1 is 1.04 bits per heavy atom. The summed E-state index contributed by atoms with van der Waals surface area (Å²) in [4.78, 5) is 13.9. The van der Waals surface area contributed by atoms with Crippen molar-refractivity contribution in [3.05, 3.63) is 54.1 Å². The molecule has 0 aromatic heterocycles. The van der Waals surface area contributed by atoms with Crippen LogP contribution >= 0.6 is 0 Å². The second-order valence-corrected chi connectivity index (χ2v) is 5.69. The first-order valence-corrected chi connectivity index (χ1v) is 8.24. The number of amides is 1. The van der Waals surface area contributed by atoms with Crippen molar-refractivity contribution in [1.82, 2.24) is 0 Å². The molecule has 0 radical (unpaired) electrons. The van der Waals surface area contributed by atoms with Crippen LogP contribution in [0.15, 0.2) is 48.5 Å². The molecule has 0 saturated heterocycles. The summed E-state index contributed by atoms with van der Waals surface area (Å²) in [6, 6.07) is 12.3. The molecule has 138 valence electrons. The van der Waals surface area contributed by atoms with E-state index in [1.54, 1.807) is 36.4 Å². The number of nitrogens with two attached hydrogens (primary N) is 2. The van der Waals surface area contributed by atoms with Gasteiger partial charge in [0.1, 0.15) is 0 Å². The lowest BCUT2D eigenvalue weighted by Gasteiger charge is -2.23. The first-order chi connectivity index (χ1) is 12.5. The molecule has 0 heterocycles. The van der Waals surface area contributed by atoms with Crippen molar-refractivity contribution in [2.24, 2.45) is 0 Å². The highest BCUT2D eigenvalue weighted by Gasteiger charge is 2.06. The minimum Gasteiger partial charge on any atom is -0.399 e. The highest BCUT2D eigenvalue weighted by Crippen LogP contribution is 2.19. The number of nitrogens with one attached hydrogen (secondary N) is 1. The first kappa shape index (κ1) is 19.3. The molecule has 0 fully saturated rings. The zero-order valence-corrected chi connectivity index (χ0v) is 14.4. The minimum absolute atomic E-state index is 0.00356. The van der Waals surface area contributed by atoms with Gasteiger partial charge in [-0.3, -0.25) is 4.79 Å². The Balaban J connectivity index is 2.00. The summed E-state index contributed by atoms with van der Waals surface area (Å²) in [7, 11) is 0. The second kappa shape index (κ2) is 9.45. The fourth-order valence-electron chi connectivity index (χ4n) is 2.45. The molecule has 0 saturated carbocycles. The first-order valence-electron chi connectivity index (χ1n) is 8.24. The zero-order valence-electron chi connectivity index (χ0n) is 14.4. The monoisotopic (exact) mass is 356 g/mol. The molecule has 0 aliphatic rings. The van der Waals surface area contributed by atoms with Gasteiger partial charge in [-0.15, -0.1) is 0 Å². The molecule has 1 amide bonds. The number of aliphatic hydroxyl groups excluding tert-OH is 2. The van der Waals surface area contributed by atoms with Gasteiger partial charge in [0, 0.05) is 41.9 Å². The third-order valence-electron chi connectivity index (χ3n) is 3.76. The van der Waals surface area contributed by atoms with E-state index in [1.165, 1.54) is 6.08 Å². The van der Waals surface area contributed by atoms with E-state index in [2.05, 4.69) is 5.32 Å². The Hall–Kier alpha value is -3.03. The molecule has 7 N–H and O–H groups in total. The van der Waals surface area contributed by atoms with Gasteiger partial charge in [-0.05, 0) is 54.1 Å². The average molecular weight is 356 g/mol. The molecular formula is C19H24N4O3. The van der Waals surface area contributed by atoms with E-state index in [1.807, 2.05) is 17.0 Å². The number of hydrogen-bond donors (Lipinski definition) is 5. The molecular weight excluding hydrogens is 332 g/mol. The maximum absolute atomic E-state index is 12.1. The van der Waals surface area contributed by atoms with Crippen LogP contribution in [0.1, 0.15) is 5.56 Å². The van der Waals surface area contributed by atoms with Crippen LogP contribution in [0, 0.1) is 0 Å². The molecule has 0 aliphatic carbocycles. The molecule has 2 aromatic rings. The van der Waals surface area contributed by atoms with Crippen molar-refractivity contribution in [2.45, 2.75) is 0 Å². The standard InChI is InChI=1S/C19H24N4O3/c20-15-2-7-18(21)14(13-15)1-8-19(26)22-16-3-5-17(6-4-16)23(9-11-24)10-12-25/h1-8,13,24-25H,9-12,20-21H2,(H,22,26)/b8-1+. The Bertz CT molecular complexity index is 754. The van der Waals surface area contributed by atoms with Gasteiger partial charge < -0.3 is 31.9 Å². The lowest BCUT2D eigenvalue weighted by Crippen LogP contribution is -2.29. The smallest absolute Gasteiger partial charge is 0.248 e. The fraction of sp³-hybridized carbons (Fsp3) is 0.211. The predicted octanol–water partition coefficient (Wildman–Crippen LogP) is 1.29. The van der Waals surface area contributed by atoms with Crippen LogP contribution in [0.4, 0.5) is 22.7 Å². The summed E-state index contributed by atoms with van der Waals surface area (Å²) in [5, 5.41) is 20.9. The molecule has 7 heteroatoms. The molecule has 26 heavy (non-hydrogen) atoms. The van der Waals surface area contributed by atoms with Crippen LogP contribution in [0.25, 0.3) is 6.08 Å². The van der Waals surface area contributed by atoms with Crippen molar-refractivity contribution < 1.29 is 15.0 Å². The van der Waals surface area contributed by atoms with Crippen LogP contribution in [-0.4, -0.2) is 42.4 Å². The number of carbonyl (C=O) groups is 1. The molecule has 0 spiro atoms. The number of carbonyl (C=O) groups excluding carboxylic acids is 1. The normalized spacial score (nSPS) is 10.8. The summed E-state index contributed by atoms with van der Waals surface area (Å²) >= 11 is 0. The predicted molar refractivity (Wildman–Crippen MR) is 106 cm³/mol. The largest absolute Gasteiger partial charge is 0.399 e. The highest BCUT2D eigenvalue weighted by molar-refractivity contribution is 6.02. The van der Waals surface area contributed by atoms with Gasteiger partial charge in [0.25, 0.3) is 0 Å². The quantitative estimate of drug-likeness (QED) is 0.359. The average Bonchev–Trinajstić information content (AvgIpc) is 2.63. The van der Waals surface area contributed by atoms with E-state index >= 15 is 0 Å². The van der Waals surface area contributed by atoms with Crippen LogP contribution in [0.2, 0.25) is 0 Å². The van der Waals surface area contributed by atoms with Crippen molar-refractivity contribution in [2.75, 3.05) is 48.0 Å². The maximum atomic E-state index is 12.1. The molecule has 2 aromatic carbocycles. The Morgan fingerprint density at radius 2 is 1.69 bits per heavy atom. The molecule has 2 rings (SSSR count). The van der Waals surface area contributed by atoms with E-state index in [0.29, 0.717) is 35.7 Å². The topological polar surface area (TPSA) is 125 Å². The van der Waals surface area contributed by atoms with Gasteiger partial charge in [-0.1, -0.05) is 0 Å². The third-order valence-corrected chi connectivity index (χ3v) is 3.76. The molecule has 0 aliphatic heterocycles. The molecule has 0 unspecified atom stereocenters. The maximum Gasteiger partial charge on any atom is 0.248 e. The van der Waals surface area contributed by atoms with Crippen LogP contribution in [0.5, 0.6) is 0 Å². The number of anilines is 4. The minimum atomic E-state index is -0.290. The lowest BCUT2D eigenvalue weighted by atomic mass is 10.1. The number of nitrogen functional groups attached to an aromatic ring is 2. The SMILES string of the molecule is Nc1ccc(N)c(/C=C/C(=O)Nc2ccc(N(CCO)CCO)cc2)c1. The van der Waals surface area contributed by atoms with Gasteiger partial charge in [-0.25, -0.2) is 0 Å². The van der Waals surface area contributed by atoms with Crippen LogP contribution < -0.4 is 21.7 Å². The number of hydrogen-bond acceptors (Lipinski definition) is 6.